The highest BCUT2D eigenvalue weighted by atomic mass is 19.1. The minimum absolute atomic E-state index is 0.168. The molecule has 2 N–H and O–H groups in total. The molecule has 0 saturated carbocycles. The number of benzene rings is 2. The average molecular weight is 477 g/mol. The van der Waals surface area contributed by atoms with Crippen molar-refractivity contribution in [3.63, 3.8) is 0 Å². The molecule has 8 heteroatoms. The van der Waals surface area contributed by atoms with Crippen LogP contribution in [0.3, 0.4) is 0 Å². The third-order valence-electron chi connectivity index (χ3n) is 5.32. The van der Waals surface area contributed by atoms with Gasteiger partial charge in [0.1, 0.15) is 17.0 Å². The first kappa shape index (κ1) is 24.1. The molecule has 0 aliphatic heterocycles. The number of methoxy groups -OCH3 is 1. The van der Waals surface area contributed by atoms with E-state index in [0.717, 1.165) is 5.56 Å². The lowest BCUT2D eigenvalue weighted by Gasteiger charge is -2.20. The molecule has 2 heterocycles. The van der Waals surface area contributed by atoms with Crippen molar-refractivity contribution in [1.29, 1.82) is 0 Å². The van der Waals surface area contributed by atoms with Crippen LogP contribution in [0.5, 0.6) is 0 Å². The van der Waals surface area contributed by atoms with Gasteiger partial charge >= 0.3 is 11.9 Å². The van der Waals surface area contributed by atoms with Gasteiger partial charge in [-0.05, 0) is 74.4 Å². The van der Waals surface area contributed by atoms with Crippen LogP contribution in [0, 0.1) is 5.82 Å². The van der Waals surface area contributed by atoms with Crippen molar-refractivity contribution in [2.75, 3.05) is 7.11 Å². The largest absolute Gasteiger partial charge is 0.465 e. The smallest absolute Gasteiger partial charge is 0.342 e. The predicted molar refractivity (Wildman–Crippen MR) is 129 cm³/mol. The number of aromatic nitrogens is 1. The van der Waals surface area contributed by atoms with Crippen LogP contribution in [0.15, 0.2) is 59.1 Å². The molecule has 0 spiro atoms. The highest BCUT2D eigenvalue weighted by Gasteiger charge is 2.25. The first-order chi connectivity index (χ1) is 16.6. The van der Waals surface area contributed by atoms with Gasteiger partial charge in [0.2, 0.25) is 5.71 Å². The Morgan fingerprint density at radius 3 is 2.37 bits per heavy atom. The zero-order chi connectivity index (χ0) is 25.3. The fraction of sp³-hybridized carbons (Fsp3) is 0.222. The van der Waals surface area contributed by atoms with Gasteiger partial charge in [0.25, 0.3) is 0 Å². The molecular formula is C27H25FN2O5. The molecule has 0 amide bonds. The molecule has 4 rings (SSSR count). The lowest BCUT2D eigenvalue weighted by Crippen LogP contribution is -2.24. The summed E-state index contributed by atoms with van der Waals surface area (Å²) >= 11 is 0. The van der Waals surface area contributed by atoms with Crippen LogP contribution in [0.25, 0.3) is 33.6 Å². The van der Waals surface area contributed by atoms with Gasteiger partial charge in [0.15, 0.2) is 5.76 Å². The van der Waals surface area contributed by atoms with E-state index >= 15 is 0 Å². The van der Waals surface area contributed by atoms with Crippen molar-refractivity contribution in [3.05, 3.63) is 77.2 Å². The van der Waals surface area contributed by atoms with E-state index in [1.807, 2.05) is 0 Å². The quantitative estimate of drug-likeness (QED) is 0.379. The number of fused-ring (bicyclic) bond motifs is 1. The zero-order valence-electron chi connectivity index (χ0n) is 19.8. The molecular weight excluding hydrogens is 451 g/mol. The summed E-state index contributed by atoms with van der Waals surface area (Å²) in [6.07, 6.45) is 1.58. The third-order valence-corrected chi connectivity index (χ3v) is 5.32. The van der Waals surface area contributed by atoms with Crippen LogP contribution < -0.4 is 5.73 Å². The fourth-order valence-electron chi connectivity index (χ4n) is 3.73. The van der Waals surface area contributed by atoms with Crippen molar-refractivity contribution >= 4 is 23.0 Å². The zero-order valence-corrected chi connectivity index (χ0v) is 19.8. The molecule has 0 fully saturated rings. The van der Waals surface area contributed by atoms with Crippen molar-refractivity contribution in [2.24, 2.45) is 5.73 Å². The van der Waals surface area contributed by atoms with Crippen molar-refractivity contribution in [2.45, 2.75) is 32.9 Å². The normalized spacial score (nSPS) is 11.5. The molecule has 2 aromatic carbocycles. The number of carbonyl (C=O) groups excluding carboxylic acids is 2. The van der Waals surface area contributed by atoms with Crippen LogP contribution in [-0.4, -0.2) is 29.6 Å². The number of halogens is 1. The van der Waals surface area contributed by atoms with E-state index in [1.165, 1.54) is 31.4 Å². The van der Waals surface area contributed by atoms with Gasteiger partial charge in [-0.25, -0.2) is 19.0 Å². The van der Waals surface area contributed by atoms with Crippen LogP contribution in [0.1, 0.15) is 47.1 Å². The molecule has 0 saturated heterocycles. The number of nitrogens with two attached hydrogens (primary N) is 1. The summed E-state index contributed by atoms with van der Waals surface area (Å²) < 4.78 is 29.8. The highest BCUT2D eigenvalue weighted by Crippen LogP contribution is 2.36. The fourth-order valence-corrected chi connectivity index (χ4v) is 3.73. The molecule has 0 unspecified atom stereocenters. The van der Waals surface area contributed by atoms with Gasteiger partial charge in [-0.2, -0.15) is 0 Å². The second-order valence-corrected chi connectivity index (χ2v) is 8.96. The second kappa shape index (κ2) is 9.31. The SMILES string of the molecule is COC(=O)c1c(-c2ccc(F)cc2)oc2ncc(-c3cc(C(=O)OC(C)(C)C)ccc3CN)cc12. The summed E-state index contributed by atoms with van der Waals surface area (Å²) in [4.78, 5) is 29.8. The van der Waals surface area contributed by atoms with Gasteiger partial charge in [-0.3, -0.25) is 0 Å². The molecule has 0 bridgehead atoms. The number of pyridine rings is 1. The number of hydrogen-bond acceptors (Lipinski definition) is 7. The second-order valence-electron chi connectivity index (χ2n) is 8.96. The molecule has 180 valence electrons. The Morgan fingerprint density at radius 1 is 1.03 bits per heavy atom. The Morgan fingerprint density at radius 2 is 1.74 bits per heavy atom. The van der Waals surface area contributed by atoms with Gasteiger partial charge in [-0.15, -0.1) is 0 Å². The van der Waals surface area contributed by atoms with E-state index in [4.69, 9.17) is 19.6 Å². The molecule has 0 radical (unpaired) electrons. The summed E-state index contributed by atoms with van der Waals surface area (Å²) in [7, 11) is 1.27. The standard InChI is InChI=1S/C27H25FN2O5/c1-27(2,3)35-25(31)16-5-6-17(13-29)20(11-16)18-12-21-22(26(32)33-4)23(34-24(21)30-14-18)15-7-9-19(28)10-8-15/h5-12,14H,13,29H2,1-4H3. The first-order valence-electron chi connectivity index (χ1n) is 10.9. The van der Waals surface area contributed by atoms with E-state index in [-0.39, 0.29) is 23.6 Å². The molecule has 2 aromatic heterocycles. The minimum atomic E-state index is -0.646. The third kappa shape index (κ3) is 4.93. The Balaban J connectivity index is 1.88. The van der Waals surface area contributed by atoms with Crippen LogP contribution in [-0.2, 0) is 16.0 Å². The number of rotatable bonds is 5. The topological polar surface area (TPSA) is 105 Å². The molecule has 7 nitrogen and oxygen atoms in total. The number of hydrogen-bond donors (Lipinski definition) is 1. The van der Waals surface area contributed by atoms with E-state index in [0.29, 0.717) is 27.6 Å². The van der Waals surface area contributed by atoms with Crippen molar-refractivity contribution in [1.82, 2.24) is 4.98 Å². The minimum Gasteiger partial charge on any atom is -0.465 e. The number of carbonyl (C=O) groups is 2. The van der Waals surface area contributed by atoms with Crippen LogP contribution in [0.4, 0.5) is 4.39 Å². The lowest BCUT2D eigenvalue weighted by molar-refractivity contribution is 0.00693. The molecule has 0 aliphatic carbocycles. The monoisotopic (exact) mass is 476 g/mol. The van der Waals surface area contributed by atoms with Gasteiger partial charge in [0.05, 0.1) is 18.1 Å². The number of nitrogens with zero attached hydrogens (tertiary/aromatic N) is 1. The molecule has 0 atom stereocenters. The molecule has 35 heavy (non-hydrogen) atoms. The number of esters is 2. The summed E-state index contributed by atoms with van der Waals surface area (Å²) in [5.74, 6) is -1.28. The maximum atomic E-state index is 13.4. The first-order valence-corrected chi connectivity index (χ1v) is 10.9. The van der Waals surface area contributed by atoms with E-state index in [1.54, 1.807) is 51.2 Å². The Labute approximate surface area is 201 Å². The maximum Gasteiger partial charge on any atom is 0.342 e. The van der Waals surface area contributed by atoms with Crippen LogP contribution in [0.2, 0.25) is 0 Å². The summed E-state index contributed by atoms with van der Waals surface area (Å²) in [6, 6.07) is 12.4. The van der Waals surface area contributed by atoms with E-state index < -0.39 is 23.4 Å². The Bertz CT molecular complexity index is 1420. The van der Waals surface area contributed by atoms with Crippen molar-refractivity contribution < 1.29 is 27.9 Å². The van der Waals surface area contributed by atoms with Gasteiger partial charge in [-0.1, -0.05) is 6.07 Å². The summed E-state index contributed by atoms with van der Waals surface area (Å²) in [6.45, 7) is 5.61. The van der Waals surface area contributed by atoms with Gasteiger partial charge in [0, 0.05) is 23.9 Å². The Hall–Kier alpha value is -4.04. The van der Waals surface area contributed by atoms with Crippen LogP contribution >= 0.6 is 0 Å². The lowest BCUT2D eigenvalue weighted by atomic mass is 9.97. The van der Waals surface area contributed by atoms with E-state index in [9.17, 15) is 14.0 Å². The summed E-state index contributed by atoms with van der Waals surface area (Å²) in [5.41, 5.74) is 8.63. The average Bonchev–Trinajstić information content (AvgIpc) is 3.21. The van der Waals surface area contributed by atoms with Crippen molar-refractivity contribution in [3.8, 4) is 22.5 Å². The predicted octanol–water partition coefficient (Wildman–Crippen LogP) is 5.50. The Kier molecular flexibility index (Phi) is 6.41. The van der Waals surface area contributed by atoms with Gasteiger partial charge < -0.3 is 19.6 Å². The number of furan rings is 1. The highest BCUT2D eigenvalue weighted by molar-refractivity contribution is 6.08. The number of ether oxygens (including phenoxy) is 2. The maximum absolute atomic E-state index is 13.4. The molecule has 4 aromatic rings. The van der Waals surface area contributed by atoms with E-state index in [2.05, 4.69) is 4.98 Å². The molecule has 0 aliphatic rings. The summed E-state index contributed by atoms with van der Waals surface area (Å²) in [5, 5.41) is 0.416.